The Hall–Kier alpha value is -2.95. The lowest BCUT2D eigenvalue weighted by molar-refractivity contribution is -0.132. The number of carbonyl (C=O) groups excluding carboxylic acids is 2. The van der Waals surface area contributed by atoms with E-state index in [0.29, 0.717) is 23.6 Å². The Kier molecular flexibility index (Phi) is 6.66. The fraction of sp³-hybridized carbons (Fsp3) is 0.417. The fourth-order valence-electron chi connectivity index (χ4n) is 5.14. The van der Waals surface area contributed by atoms with Crippen LogP contribution in [-0.2, 0) is 19.4 Å². The molecule has 2 fully saturated rings. The number of piperidine rings is 1. The summed E-state index contributed by atoms with van der Waals surface area (Å²) in [6.45, 7) is 3.00. The summed E-state index contributed by atoms with van der Waals surface area (Å²) in [6.07, 6.45) is 2.58. The molecule has 4 N–H and O–H groups in total. The van der Waals surface area contributed by atoms with Gasteiger partial charge in [0.15, 0.2) is 14.6 Å². The summed E-state index contributed by atoms with van der Waals surface area (Å²) in [7, 11) is -4.08. The fourth-order valence-corrected chi connectivity index (χ4v) is 7.24. The van der Waals surface area contributed by atoms with E-state index in [9.17, 15) is 23.2 Å². The Morgan fingerprint density at radius 3 is 2.09 bits per heavy atom. The minimum Gasteiger partial charge on any atom is -0.457 e. The van der Waals surface area contributed by atoms with Gasteiger partial charge in [0, 0.05) is 12.6 Å². The van der Waals surface area contributed by atoms with E-state index in [1.54, 1.807) is 29.7 Å². The standard InChI is InChI=1S/C24H29N3O6S/c1-17(28)26-18-2-4-19(5-3-18)33-20-6-8-21(9-7-20)34(31,32)24(22(29)27-30)11-10-23(16-24)12-14-25-15-13-23/h2-9,25,30H,10-16H2,1H3,(H,26,28)(H,27,29). The molecule has 10 heteroatoms. The summed E-state index contributed by atoms with van der Waals surface area (Å²) >= 11 is 0. The Morgan fingerprint density at radius 2 is 1.53 bits per heavy atom. The zero-order chi connectivity index (χ0) is 24.4. The first-order chi connectivity index (χ1) is 16.2. The molecule has 1 aliphatic heterocycles. The van der Waals surface area contributed by atoms with Crippen LogP contribution in [0.15, 0.2) is 53.4 Å². The van der Waals surface area contributed by atoms with Crippen molar-refractivity contribution in [1.82, 2.24) is 10.8 Å². The van der Waals surface area contributed by atoms with Crippen molar-refractivity contribution in [3.63, 3.8) is 0 Å². The van der Waals surface area contributed by atoms with Gasteiger partial charge in [-0.25, -0.2) is 13.9 Å². The number of benzene rings is 2. The molecule has 1 heterocycles. The average molecular weight is 488 g/mol. The monoisotopic (exact) mass is 487 g/mol. The number of ether oxygens (including phenoxy) is 1. The van der Waals surface area contributed by atoms with E-state index in [0.717, 1.165) is 25.9 Å². The van der Waals surface area contributed by atoms with Crippen molar-refractivity contribution in [2.45, 2.75) is 48.7 Å². The van der Waals surface area contributed by atoms with Gasteiger partial charge in [-0.3, -0.25) is 14.8 Å². The van der Waals surface area contributed by atoms with Crippen LogP contribution >= 0.6 is 0 Å². The topological polar surface area (TPSA) is 134 Å². The Balaban J connectivity index is 1.55. The van der Waals surface area contributed by atoms with Gasteiger partial charge in [0.1, 0.15) is 11.5 Å². The number of hydrogen-bond acceptors (Lipinski definition) is 7. The number of amides is 2. The number of rotatable bonds is 6. The number of nitrogens with one attached hydrogen (secondary N) is 3. The normalized spacial score (nSPS) is 21.7. The van der Waals surface area contributed by atoms with E-state index in [4.69, 9.17) is 4.74 Å². The van der Waals surface area contributed by atoms with Gasteiger partial charge < -0.3 is 15.4 Å². The van der Waals surface area contributed by atoms with Crippen LogP contribution in [0.1, 0.15) is 39.0 Å². The van der Waals surface area contributed by atoms with E-state index < -0.39 is 20.5 Å². The third-order valence-corrected chi connectivity index (χ3v) is 9.41. The van der Waals surface area contributed by atoms with Crippen LogP contribution in [0.2, 0.25) is 0 Å². The molecular weight excluding hydrogens is 458 g/mol. The zero-order valence-electron chi connectivity index (χ0n) is 19.0. The Labute approximate surface area is 198 Å². The predicted molar refractivity (Wildman–Crippen MR) is 125 cm³/mol. The summed E-state index contributed by atoms with van der Waals surface area (Å²) in [5, 5.41) is 15.4. The third kappa shape index (κ3) is 4.53. The third-order valence-electron chi connectivity index (χ3n) is 6.96. The minimum atomic E-state index is -4.08. The molecule has 0 radical (unpaired) electrons. The van der Waals surface area contributed by atoms with Crippen molar-refractivity contribution in [3.8, 4) is 11.5 Å². The van der Waals surface area contributed by atoms with Crippen LogP contribution in [0, 0.1) is 5.41 Å². The quantitative estimate of drug-likeness (QED) is 0.363. The molecular formula is C24H29N3O6S. The van der Waals surface area contributed by atoms with Crippen LogP contribution in [0.25, 0.3) is 0 Å². The molecule has 2 aliphatic rings. The first-order valence-corrected chi connectivity index (χ1v) is 12.7. The van der Waals surface area contributed by atoms with Crippen molar-refractivity contribution in [1.29, 1.82) is 0 Å². The molecule has 1 aliphatic carbocycles. The van der Waals surface area contributed by atoms with Crippen LogP contribution in [0.3, 0.4) is 0 Å². The smallest absolute Gasteiger partial charge is 0.265 e. The lowest BCUT2D eigenvalue weighted by Gasteiger charge is -2.36. The molecule has 2 aromatic rings. The predicted octanol–water partition coefficient (Wildman–Crippen LogP) is 3.01. The maximum atomic E-state index is 13.7. The van der Waals surface area contributed by atoms with Gasteiger partial charge in [-0.15, -0.1) is 0 Å². The maximum absolute atomic E-state index is 13.7. The number of hydrogen-bond donors (Lipinski definition) is 4. The zero-order valence-corrected chi connectivity index (χ0v) is 19.8. The molecule has 2 aromatic carbocycles. The van der Waals surface area contributed by atoms with E-state index >= 15 is 0 Å². The molecule has 4 rings (SSSR count). The summed E-state index contributed by atoms with van der Waals surface area (Å²) in [5.74, 6) is -0.105. The number of hydroxylamine groups is 1. The van der Waals surface area contributed by atoms with Crippen LogP contribution in [-0.4, -0.2) is 43.3 Å². The van der Waals surface area contributed by atoms with Crippen molar-refractivity contribution < 1.29 is 28.0 Å². The van der Waals surface area contributed by atoms with Crippen LogP contribution in [0.4, 0.5) is 5.69 Å². The van der Waals surface area contributed by atoms with Crippen LogP contribution < -0.4 is 20.9 Å². The van der Waals surface area contributed by atoms with Gasteiger partial charge >= 0.3 is 0 Å². The van der Waals surface area contributed by atoms with E-state index in [-0.39, 0.29) is 29.1 Å². The molecule has 0 aromatic heterocycles. The van der Waals surface area contributed by atoms with Crippen molar-refractivity contribution in [2.75, 3.05) is 18.4 Å². The number of anilines is 1. The molecule has 1 saturated heterocycles. The highest BCUT2D eigenvalue weighted by atomic mass is 32.2. The number of sulfone groups is 1. The number of carbonyl (C=O) groups is 2. The molecule has 182 valence electrons. The van der Waals surface area contributed by atoms with Crippen molar-refractivity contribution in [2.24, 2.45) is 5.41 Å². The lowest BCUT2D eigenvalue weighted by Crippen LogP contribution is -2.51. The van der Waals surface area contributed by atoms with Crippen molar-refractivity contribution >= 4 is 27.3 Å². The molecule has 1 unspecified atom stereocenters. The van der Waals surface area contributed by atoms with Gasteiger partial charge in [-0.05, 0) is 99.1 Å². The average Bonchev–Trinajstić information content (AvgIpc) is 3.21. The summed E-state index contributed by atoms with van der Waals surface area (Å²) in [6, 6.07) is 12.7. The largest absolute Gasteiger partial charge is 0.457 e. The van der Waals surface area contributed by atoms with Crippen molar-refractivity contribution in [3.05, 3.63) is 48.5 Å². The summed E-state index contributed by atoms with van der Waals surface area (Å²) in [4.78, 5) is 23.9. The van der Waals surface area contributed by atoms with Gasteiger partial charge in [0.05, 0.1) is 4.90 Å². The second-order valence-electron chi connectivity index (χ2n) is 9.14. The van der Waals surface area contributed by atoms with Crippen LogP contribution in [0.5, 0.6) is 11.5 Å². The second kappa shape index (κ2) is 9.36. The first kappa shape index (κ1) is 24.2. The minimum absolute atomic E-state index is 0.00967. The highest BCUT2D eigenvalue weighted by Gasteiger charge is 2.60. The first-order valence-electron chi connectivity index (χ1n) is 11.3. The molecule has 0 bridgehead atoms. The SMILES string of the molecule is CC(=O)Nc1ccc(Oc2ccc(S(=O)(=O)C3(C(=O)NO)CCC4(CCNCC4)C3)cc2)cc1. The molecule has 1 spiro atoms. The van der Waals surface area contributed by atoms with Gasteiger partial charge in [0.25, 0.3) is 5.91 Å². The highest BCUT2D eigenvalue weighted by Crippen LogP contribution is 2.54. The highest BCUT2D eigenvalue weighted by molar-refractivity contribution is 7.93. The molecule has 1 saturated carbocycles. The summed E-state index contributed by atoms with van der Waals surface area (Å²) in [5.41, 5.74) is 2.03. The molecule has 1 atom stereocenters. The summed E-state index contributed by atoms with van der Waals surface area (Å²) < 4.78 is 31.5. The van der Waals surface area contributed by atoms with E-state index in [1.165, 1.54) is 31.2 Å². The molecule has 2 amide bonds. The van der Waals surface area contributed by atoms with E-state index in [2.05, 4.69) is 10.6 Å². The Morgan fingerprint density at radius 1 is 0.941 bits per heavy atom. The van der Waals surface area contributed by atoms with Gasteiger partial charge in [-0.2, -0.15) is 0 Å². The second-order valence-corrected chi connectivity index (χ2v) is 11.4. The van der Waals surface area contributed by atoms with E-state index in [1.807, 2.05) is 0 Å². The maximum Gasteiger partial charge on any atom is 0.265 e. The van der Waals surface area contributed by atoms with Gasteiger partial charge in [-0.1, -0.05) is 0 Å². The van der Waals surface area contributed by atoms with Gasteiger partial charge in [0.2, 0.25) is 5.91 Å². The molecule has 9 nitrogen and oxygen atoms in total. The molecule has 34 heavy (non-hydrogen) atoms. The Bertz CT molecular complexity index is 1160. The lowest BCUT2D eigenvalue weighted by atomic mass is 9.77.